The molecule has 0 aliphatic carbocycles. The highest BCUT2D eigenvalue weighted by Gasteiger charge is 2.16. The van der Waals surface area contributed by atoms with Gasteiger partial charge in [-0.05, 0) is 43.0 Å². The number of methoxy groups -OCH3 is 1. The number of carbonyl (C=O) groups is 1. The summed E-state index contributed by atoms with van der Waals surface area (Å²) in [4.78, 5) is 17.1. The van der Waals surface area contributed by atoms with Crippen LogP contribution in [0.15, 0.2) is 60.8 Å². The van der Waals surface area contributed by atoms with E-state index in [1.54, 1.807) is 19.4 Å². The summed E-state index contributed by atoms with van der Waals surface area (Å²) in [5, 5.41) is 9.42. The van der Waals surface area contributed by atoms with Crippen molar-refractivity contribution in [3.63, 3.8) is 0 Å². The van der Waals surface area contributed by atoms with Crippen LogP contribution in [0.25, 0.3) is 10.8 Å². The van der Waals surface area contributed by atoms with E-state index >= 15 is 0 Å². The minimum atomic E-state index is -0.256. The number of nitrogens with one attached hydrogen (secondary N) is 1. The van der Waals surface area contributed by atoms with E-state index in [1.165, 1.54) is 0 Å². The van der Waals surface area contributed by atoms with Crippen LogP contribution in [0.3, 0.4) is 0 Å². The molecule has 6 heteroatoms. The van der Waals surface area contributed by atoms with E-state index in [0.29, 0.717) is 12.2 Å². The lowest BCUT2D eigenvalue weighted by molar-refractivity contribution is 0.102. The average Bonchev–Trinajstić information content (AvgIpc) is 3.01. The Morgan fingerprint density at radius 1 is 1.07 bits per heavy atom. The minimum absolute atomic E-state index is 0.256. The van der Waals surface area contributed by atoms with Gasteiger partial charge in [0.25, 0.3) is 5.91 Å². The Bertz CT molecular complexity index is 1180. The van der Waals surface area contributed by atoms with Crippen molar-refractivity contribution in [1.29, 1.82) is 0 Å². The van der Waals surface area contributed by atoms with Crippen molar-refractivity contribution >= 4 is 22.4 Å². The molecule has 1 amide bonds. The molecule has 2 aromatic carbocycles. The highest BCUT2D eigenvalue weighted by atomic mass is 16.5. The van der Waals surface area contributed by atoms with Gasteiger partial charge in [0.1, 0.15) is 11.4 Å². The van der Waals surface area contributed by atoms with Crippen molar-refractivity contribution in [3.8, 4) is 5.75 Å². The Labute approximate surface area is 169 Å². The van der Waals surface area contributed by atoms with Crippen LogP contribution in [0.5, 0.6) is 5.75 Å². The maximum Gasteiger partial charge on any atom is 0.274 e. The molecule has 0 atom stereocenters. The molecule has 4 aromatic rings. The van der Waals surface area contributed by atoms with E-state index in [2.05, 4.69) is 27.5 Å². The summed E-state index contributed by atoms with van der Waals surface area (Å²) in [5.41, 5.74) is 3.92. The van der Waals surface area contributed by atoms with Gasteiger partial charge in [-0.3, -0.25) is 14.5 Å². The highest BCUT2D eigenvalue weighted by molar-refractivity contribution is 6.05. The van der Waals surface area contributed by atoms with Crippen LogP contribution in [0.1, 0.15) is 27.4 Å². The summed E-state index contributed by atoms with van der Waals surface area (Å²) in [7, 11) is 1.62. The van der Waals surface area contributed by atoms with E-state index in [1.807, 2.05) is 54.9 Å². The molecule has 0 radical (unpaired) electrons. The van der Waals surface area contributed by atoms with Crippen molar-refractivity contribution in [2.24, 2.45) is 0 Å². The maximum absolute atomic E-state index is 12.8. The number of amides is 1. The summed E-state index contributed by atoms with van der Waals surface area (Å²) in [5.74, 6) is 0.502. The topological polar surface area (TPSA) is 69.0 Å². The van der Waals surface area contributed by atoms with Crippen molar-refractivity contribution in [3.05, 3.63) is 83.4 Å². The lowest BCUT2D eigenvalue weighted by atomic mass is 10.1. The quantitative estimate of drug-likeness (QED) is 0.553. The number of ether oxygens (including phenoxy) is 1. The Hall–Kier alpha value is -3.67. The largest absolute Gasteiger partial charge is 0.497 e. The van der Waals surface area contributed by atoms with Crippen LogP contribution >= 0.6 is 0 Å². The monoisotopic (exact) mass is 386 g/mol. The zero-order valence-corrected chi connectivity index (χ0v) is 16.6. The standard InChI is InChI=1S/C23H22N4O2/c1-15-22(16(2)27(26-15)14-17-7-5-4-6-8-17)25-23(28)21-12-18-9-10-20(29-3)11-19(18)13-24-21/h4-13H,14H2,1-3H3,(H,25,28). The van der Waals surface area contributed by atoms with Gasteiger partial charge in [0.05, 0.1) is 30.7 Å². The lowest BCUT2D eigenvalue weighted by Gasteiger charge is -2.08. The third-order valence-corrected chi connectivity index (χ3v) is 4.96. The fourth-order valence-electron chi connectivity index (χ4n) is 3.34. The number of aromatic nitrogens is 3. The number of hydrogen-bond acceptors (Lipinski definition) is 4. The number of nitrogens with zero attached hydrogens (tertiary/aromatic N) is 3. The van der Waals surface area contributed by atoms with E-state index in [9.17, 15) is 4.79 Å². The number of rotatable bonds is 5. The van der Waals surface area contributed by atoms with Crippen molar-refractivity contribution in [2.45, 2.75) is 20.4 Å². The molecule has 0 saturated carbocycles. The van der Waals surface area contributed by atoms with Gasteiger partial charge in [0.2, 0.25) is 0 Å². The van der Waals surface area contributed by atoms with Gasteiger partial charge in [0, 0.05) is 11.6 Å². The first-order chi connectivity index (χ1) is 14.0. The van der Waals surface area contributed by atoms with Crippen molar-refractivity contribution in [2.75, 3.05) is 12.4 Å². The fraction of sp³-hybridized carbons (Fsp3) is 0.174. The summed E-state index contributed by atoms with van der Waals surface area (Å²) in [6, 6.07) is 17.6. The molecule has 6 nitrogen and oxygen atoms in total. The highest BCUT2D eigenvalue weighted by Crippen LogP contribution is 2.23. The second-order valence-corrected chi connectivity index (χ2v) is 6.93. The number of carbonyl (C=O) groups excluding carboxylic acids is 1. The molecule has 0 unspecified atom stereocenters. The van der Waals surface area contributed by atoms with Crippen LogP contribution < -0.4 is 10.1 Å². The number of pyridine rings is 1. The second-order valence-electron chi connectivity index (χ2n) is 6.93. The van der Waals surface area contributed by atoms with Gasteiger partial charge < -0.3 is 10.1 Å². The first-order valence-electron chi connectivity index (χ1n) is 9.38. The van der Waals surface area contributed by atoms with Crippen molar-refractivity contribution < 1.29 is 9.53 Å². The number of hydrogen-bond donors (Lipinski definition) is 1. The molecular weight excluding hydrogens is 364 g/mol. The van der Waals surface area contributed by atoms with Crippen LogP contribution in [0, 0.1) is 13.8 Å². The fourth-order valence-corrected chi connectivity index (χ4v) is 3.34. The average molecular weight is 386 g/mol. The van der Waals surface area contributed by atoms with Gasteiger partial charge in [-0.25, -0.2) is 0 Å². The van der Waals surface area contributed by atoms with Gasteiger partial charge in [0.15, 0.2) is 0 Å². The number of fused-ring (bicyclic) bond motifs is 1. The second kappa shape index (κ2) is 7.75. The zero-order valence-electron chi connectivity index (χ0n) is 16.6. The predicted octanol–water partition coefficient (Wildman–Crippen LogP) is 4.36. The van der Waals surface area contributed by atoms with E-state index in [0.717, 1.165) is 39.2 Å². The Balaban J connectivity index is 1.57. The minimum Gasteiger partial charge on any atom is -0.497 e. The summed E-state index contributed by atoms with van der Waals surface area (Å²) < 4.78 is 7.14. The molecule has 0 aliphatic rings. The SMILES string of the molecule is COc1ccc2cc(C(=O)Nc3c(C)nn(Cc4ccccc4)c3C)ncc2c1. The first-order valence-corrected chi connectivity index (χ1v) is 9.38. The molecule has 0 fully saturated rings. The Morgan fingerprint density at radius 2 is 1.86 bits per heavy atom. The lowest BCUT2D eigenvalue weighted by Crippen LogP contribution is -2.15. The molecule has 0 saturated heterocycles. The summed E-state index contributed by atoms with van der Waals surface area (Å²) >= 11 is 0. The third kappa shape index (κ3) is 3.82. The number of aryl methyl sites for hydroxylation is 1. The van der Waals surface area contributed by atoms with Crippen LogP contribution in [0.4, 0.5) is 5.69 Å². The van der Waals surface area contributed by atoms with E-state index in [-0.39, 0.29) is 5.91 Å². The van der Waals surface area contributed by atoms with Gasteiger partial charge >= 0.3 is 0 Å². The predicted molar refractivity (Wildman–Crippen MR) is 113 cm³/mol. The summed E-state index contributed by atoms with van der Waals surface area (Å²) in [6.07, 6.45) is 1.69. The molecule has 1 N–H and O–H groups in total. The number of benzene rings is 2. The van der Waals surface area contributed by atoms with Gasteiger partial charge in [-0.2, -0.15) is 5.10 Å². The normalized spacial score (nSPS) is 10.9. The molecule has 0 spiro atoms. The smallest absolute Gasteiger partial charge is 0.274 e. The molecule has 2 heterocycles. The summed E-state index contributed by atoms with van der Waals surface area (Å²) in [6.45, 7) is 4.50. The van der Waals surface area contributed by atoms with Gasteiger partial charge in [-0.1, -0.05) is 36.4 Å². The molecule has 2 aromatic heterocycles. The van der Waals surface area contributed by atoms with Crippen LogP contribution in [-0.2, 0) is 6.54 Å². The van der Waals surface area contributed by atoms with E-state index < -0.39 is 0 Å². The molecule has 146 valence electrons. The molecule has 29 heavy (non-hydrogen) atoms. The number of anilines is 1. The molecular formula is C23H22N4O2. The Kier molecular flexibility index (Phi) is 4.99. The van der Waals surface area contributed by atoms with Crippen LogP contribution in [0.2, 0.25) is 0 Å². The molecule has 4 rings (SSSR count). The zero-order chi connectivity index (χ0) is 20.4. The third-order valence-electron chi connectivity index (χ3n) is 4.96. The first kappa shape index (κ1) is 18.7. The Morgan fingerprint density at radius 3 is 2.62 bits per heavy atom. The van der Waals surface area contributed by atoms with Crippen molar-refractivity contribution in [1.82, 2.24) is 14.8 Å². The molecule has 0 aliphatic heterocycles. The van der Waals surface area contributed by atoms with Crippen LogP contribution in [-0.4, -0.2) is 27.8 Å². The van der Waals surface area contributed by atoms with Gasteiger partial charge in [-0.15, -0.1) is 0 Å². The maximum atomic E-state index is 12.8. The van der Waals surface area contributed by atoms with E-state index in [4.69, 9.17) is 4.74 Å². The molecule has 0 bridgehead atoms.